The minimum absolute atomic E-state index is 0. The maximum absolute atomic E-state index is 12.2. The zero-order chi connectivity index (χ0) is 20.9. The molecule has 9 heteroatoms. The SMILES string of the molecule is CCNC(=NCc1ccc(S(=O)(=O)N(C)C)cc1)NC1CCN(C2CCCC2)C1.I. The van der Waals surface area contributed by atoms with E-state index < -0.39 is 10.0 Å². The number of likely N-dealkylation sites (tertiary alicyclic amines) is 1. The number of hydrogen-bond donors (Lipinski definition) is 2. The van der Waals surface area contributed by atoms with Crippen LogP contribution in [0.3, 0.4) is 0 Å². The van der Waals surface area contributed by atoms with Crippen LogP contribution in [-0.2, 0) is 16.6 Å². The average molecular weight is 550 g/mol. The molecule has 1 saturated heterocycles. The summed E-state index contributed by atoms with van der Waals surface area (Å²) < 4.78 is 25.6. The number of sulfonamides is 1. The third-order valence-corrected chi connectivity index (χ3v) is 7.70. The van der Waals surface area contributed by atoms with Gasteiger partial charge in [-0.2, -0.15) is 0 Å². The van der Waals surface area contributed by atoms with Gasteiger partial charge >= 0.3 is 0 Å². The summed E-state index contributed by atoms with van der Waals surface area (Å²) >= 11 is 0. The van der Waals surface area contributed by atoms with Crippen molar-refractivity contribution in [2.24, 2.45) is 4.99 Å². The number of halogens is 1. The van der Waals surface area contributed by atoms with Crippen molar-refractivity contribution in [3.8, 4) is 0 Å². The predicted octanol–water partition coefficient (Wildman–Crippen LogP) is 2.63. The molecule has 7 nitrogen and oxygen atoms in total. The summed E-state index contributed by atoms with van der Waals surface area (Å²) in [5.41, 5.74) is 0.985. The fraction of sp³-hybridized carbons (Fsp3) is 0.667. The van der Waals surface area contributed by atoms with Crippen LogP contribution in [0.5, 0.6) is 0 Å². The van der Waals surface area contributed by atoms with E-state index in [9.17, 15) is 8.42 Å². The van der Waals surface area contributed by atoms with E-state index >= 15 is 0 Å². The van der Waals surface area contributed by atoms with Crippen molar-refractivity contribution in [1.29, 1.82) is 0 Å². The first-order valence-electron chi connectivity index (χ1n) is 10.7. The van der Waals surface area contributed by atoms with Gasteiger partial charge < -0.3 is 10.6 Å². The van der Waals surface area contributed by atoms with E-state index in [0.717, 1.165) is 37.1 Å². The van der Waals surface area contributed by atoms with Crippen molar-refractivity contribution < 1.29 is 8.42 Å². The first-order valence-corrected chi connectivity index (χ1v) is 12.1. The molecule has 1 aromatic carbocycles. The third kappa shape index (κ3) is 6.54. The lowest BCUT2D eigenvalue weighted by atomic mass is 10.2. The number of benzene rings is 1. The lowest BCUT2D eigenvalue weighted by molar-refractivity contribution is 0.242. The van der Waals surface area contributed by atoms with Gasteiger partial charge in [0.05, 0.1) is 11.4 Å². The second-order valence-electron chi connectivity index (χ2n) is 8.19. The number of guanidine groups is 1. The van der Waals surface area contributed by atoms with E-state index in [4.69, 9.17) is 4.99 Å². The summed E-state index contributed by atoms with van der Waals surface area (Å²) in [6, 6.07) is 8.18. The molecule has 1 aromatic rings. The van der Waals surface area contributed by atoms with Gasteiger partial charge in [0.2, 0.25) is 10.0 Å². The van der Waals surface area contributed by atoms with Gasteiger partial charge in [0.15, 0.2) is 5.96 Å². The Morgan fingerprint density at radius 2 is 1.83 bits per heavy atom. The van der Waals surface area contributed by atoms with Gasteiger partial charge in [-0.05, 0) is 43.9 Å². The fourth-order valence-corrected chi connectivity index (χ4v) is 5.07. The molecule has 2 aliphatic rings. The summed E-state index contributed by atoms with van der Waals surface area (Å²) in [4.78, 5) is 7.65. The molecule has 1 aliphatic carbocycles. The van der Waals surface area contributed by atoms with Gasteiger partial charge in [-0.25, -0.2) is 17.7 Å². The quantitative estimate of drug-likeness (QED) is 0.311. The van der Waals surface area contributed by atoms with Crippen molar-refractivity contribution in [2.45, 2.75) is 62.6 Å². The zero-order valence-electron chi connectivity index (χ0n) is 18.3. The van der Waals surface area contributed by atoms with E-state index in [1.807, 2.05) is 12.1 Å². The molecular weight excluding hydrogens is 513 g/mol. The molecule has 1 saturated carbocycles. The monoisotopic (exact) mass is 549 g/mol. The molecular formula is C21H36IN5O2S. The molecule has 0 aromatic heterocycles. The van der Waals surface area contributed by atoms with Gasteiger partial charge in [0.1, 0.15) is 0 Å². The smallest absolute Gasteiger partial charge is 0.242 e. The molecule has 0 radical (unpaired) electrons. The number of nitrogens with zero attached hydrogens (tertiary/aromatic N) is 3. The van der Waals surface area contributed by atoms with E-state index in [1.54, 1.807) is 26.2 Å². The second kappa shape index (κ2) is 11.6. The van der Waals surface area contributed by atoms with Crippen LogP contribution in [0.2, 0.25) is 0 Å². The maximum Gasteiger partial charge on any atom is 0.242 e. The maximum atomic E-state index is 12.2. The van der Waals surface area contributed by atoms with Gasteiger partial charge in [-0.1, -0.05) is 25.0 Å². The standard InChI is InChI=1S/C21H35N5O2S.HI/c1-4-22-21(24-18-13-14-26(16-18)19-7-5-6-8-19)23-15-17-9-11-20(12-10-17)29(27,28)25(2)3;/h9-12,18-19H,4-8,13-16H2,1-3H3,(H2,22,23,24);1H. The highest BCUT2D eigenvalue weighted by Crippen LogP contribution is 2.26. The van der Waals surface area contributed by atoms with Gasteiger partial charge in [0, 0.05) is 45.8 Å². The number of aliphatic imine (C=N–C) groups is 1. The largest absolute Gasteiger partial charge is 0.357 e. The molecule has 1 heterocycles. The Kier molecular flexibility index (Phi) is 9.83. The van der Waals surface area contributed by atoms with E-state index in [-0.39, 0.29) is 24.0 Å². The topological polar surface area (TPSA) is 77.0 Å². The van der Waals surface area contributed by atoms with Crippen LogP contribution >= 0.6 is 24.0 Å². The fourth-order valence-electron chi connectivity index (χ4n) is 4.17. The third-order valence-electron chi connectivity index (χ3n) is 5.87. The number of nitrogens with one attached hydrogen (secondary N) is 2. The summed E-state index contributed by atoms with van der Waals surface area (Å²) in [5, 5.41) is 6.92. The lowest BCUT2D eigenvalue weighted by Gasteiger charge is -2.24. The van der Waals surface area contributed by atoms with Crippen LogP contribution in [0.4, 0.5) is 0 Å². The van der Waals surface area contributed by atoms with E-state index in [0.29, 0.717) is 17.5 Å². The molecule has 0 spiro atoms. The molecule has 2 N–H and O–H groups in total. The molecule has 1 aliphatic heterocycles. The van der Waals surface area contributed by atoms with Crippen molar-refractivity contribution in [3.05, 3.63) is 29.8 Å². The van der Waals surface area contributed by atoms with Gasteiger partial charge in [-0.15, -0.1) is 24.0 Å². The van der Waals surface area contributed by atoms with Crippen LogP contribution in [-0.4, -0.2) is 69.4 Å². The highest BCUT2D eigenvalue weighted by atomic mass is 127. The Labute approximate surface area is 198 Å². The van der Waals surface area contributed by atoms with Crippen LogP contribution in [0.1, 0.15) is 44.6 Å². The molecule has 1 atom stereocenters. The van der Waals surface area contributed by atoms with Crippen molar-refractivity contribution in [2.75, 3.05) is 33.7 Å². The number of rotatable bonds is 7. The highest BCUT2D eigenvalue weighted by molar-refractivity contribution is 14.0. The minimum Gasteiger partial charge on any atom is -0.357 e. The molecule has 3 rings (SSSR count). The van der Waals surface area contributed by atoms with Gasteiger partial charge in [-0.3, -0.25) is 4.90 Å². The summed E-state index contributed by atoms with van der Waals surface area (Å²) in [7, 11) is -0.313. The molecule has 0 bridgehead atoms. The van der Waals surface area contributed by atoms with Gasteiger partial charge in [0.25, 0.3) is 0 Å². The Morgan fingerprint density at radius 1 is 1.17 bits per heavy atom. The normalized spacial score (nSPS) is 21.1. The first-order chi connectivity index (χ1) is 13.9. The summed E-state index contributed by atoms with van der Waals surface area (Å²) in [6.45, 7) is 5.65. The van der Waals surface area contributed by atoms with Crippen LogP contribution < -0.4 is 10.6 Å². The van der Waals surface area contributed by atoms with Crippen LogP contribution in [0, 0.1) is 0 Å². The van der Waals surface area contributed by atoms with Crippen molar-refractivity contribution in [1.82, 2.24) is 19.8 Å². The molecule has 2 fully saturated rings. The molecule has 170 valence electrons. The Balaban J connectivity index is 0.00000320. The van der Waals surface area contributed by atoms with Crippen molar-refractivity contribution >= 4 is 40.0 Å². The van der Waals surface area contributed by atoms with E-state index in [1.165, 1.54) is 36.5 Å². The molecule has 1 unspecified atom stereocenters. The molecule has 0 amide bonds. The Morgan fingerprint density at radius 3 is 2.43 bits per heavy atom. The first kappa shape index (κ1) is 25.4. The van der Waals surface area contributed by atoms with Crippen LogP contribution in [0.25, 0.3) is 0 Å². The Bertz CT molecular complexity index is 792. The second-order valence-corrected chi connectivity index (χ2v) is 10.3. The summed E-state index contributed by atoms with van der Waals surface area (Å²) in [5.74, 6) is 0.829. The average Bonchev–Trinajstić information content (AvgIpc) is 3.38. The predicted molar refractivity (Wildman–Crippen MR) is 133 cm³/mol. The molecule has 30 heavy (non-hydrogen) atoms. The lowest BCUT2D eigenvalue weighted by Crippen LogP contribution is -2.45. The number of hydrogen-bond acceptors (Lipinski definition) is 4. The highest BCUT2D eigenvalue weighted by Gasteiger charge is 2.30. The van der Waals surface area contributed by atoms with Crippen LogP contribution in [0.15, 0.2) is 34.2 Å². The van der Waals surface area contributed by atoms with E-state index in [2.05, 4.69) is 22.5 Å². The summed E-state index contributed by atoms with van der Waals surface area (Å²) in [6.07, 6.45) is 6.59. The Hall–Kier alpha value is -0.910. The van der Waals surface area contributed by atoms with Crippen molar-refractivity contribution in [3.63, 3.8) is 0 Å². The zero-order valence-corrected chi connectivity index (χ0v) is 21.4. The minimum atomic E-state index is -3.39.